The number of rotatable bonds is 5. The van der Waals surface area contributed by atoms with Crippen LogP contribution in [0.15, 0.2) is 24.3 Å². The molecule has 21 heavy (non-hydrogen) atoms. The van der Waals surface area contributed by atoms with Gasteiger partial charge < -0.3 is 19.8 Å². The molecule has 114 valence electrons. The molecule has 2 atom stereocenters. The lowest BCUT2D eigenvalue weighted by atomic mass is 10.2. The molecule has 0 unspecified atom stereocenters. The zero-order valence-corrected chi connectivity index (χ0v) is 11.2. The molecule has 1 aliphatic heterocycles. The number of likely N-dealkylation sites (tertiary alicyclic amines) is 1. The Hall–Kier alpha value is -2.15. The molecule has 6 nitrogen and oxygen atoms in total. The average Bonchev–Trinajstić information content (AvgIpc) is 2.83. The first-order chi connectivity index (χ1) is 9.99. The smallest absolute Gasteiger partial charge is 0.326 e. The van der Waals surface area contributed by atoms with E-state index < -0.39 is 29.8 Å². The van der Waals surface area contributed by atoms with Crippen LogP contribution in [0.1, 0.15) is 12.8 Å². The van der Waals surface area contributed by atoms with Crippen molar-refractivity contribution in [2.24, 2.45) is 0 Å². The summed E-state index contributed by atoms with van der Waals surface area (Å²) in [7, 11) is 0. The Morgan fingerprint density at radius 2 is 2.10 bits per heavy atom. The molecule has 0 saturated carbocycles. The van der Waals surface area contributed by atoms with Gasteiger partial charge in [-0.1, -0.05) is 12.1 Å². The Morgan fingerprint density at radius 1 is 1.38 bits per heavy atom. The number of carbonyl (C=O) groups excluding carboxylic acids is 1. The maximum absolute atomic E-state index is 13.3. The van der Waals surface area contributed by atoms with Gasteiger partial charge in [-0.2, -0.15) is 0 Å². The molecule has 2 rings (SSSR count). The SMILES string of the molecule is O=C(O)[C@H]1C[C@@H](O)CN1C(=O)CCOc1ccccc1F. The molecule has 1 aromatic carbocycles. The largest absolute Gasteiger partial charge is 0.490 e. The summed E-state index contributed by atoms with van der Waals surface area (Å²) >= 11 is 0. The number of aliphatic hydroxyl groups excluding tert-OH is 1. The Labute approximate surface area is 120 Å². The minimum Gasteiger partial charge on any atom is -0.490 e. The van der Waals surface area contributed by atoms with Gasteiger partial charge >= 0.3 is 5.97 Å². The second-order valence-corrected chi connectivity index (χ2v) is 4.82. The van der Waals surface area contributed by atoms with Crippen molar-refractivity contribution < 1.29 is 28.9 Å². The first-order valence-corrected chi connectivity index (χ1v) is 6.56. The number of halogens is 1. The third-order valence-corrected chi connectivity index (χ3v) is 3.29. The number of aliphatic carboxylic acids is 1. The summed E-state index contributed by atoms with van der Waals surface area (Å²) in [6.07, 6.45) is -0.886. The van der Waals surface area contributed by atoms with Crippen molar-refractivity contribution >= 4 is 11.9 Å². The standard InChI is InChI=1S/C14H16FNO5/c15-10-3-1-2-4-12(10)21-6-5-13(18)16-8-9(17)7-11(16)14(19)20/h1-4,9,11,17H,5-8H2,(H,19,20)/t9-,11-/m1/s1. The second-order valence-electron chi connectivity index (χ2n) is 4.82. The first-order valence-electron chi connectivity index (χ1n) is 6.56. The van der Waals surface area contributed by atoms with Gasteiger partial charge in [-0.25, -0.2) is 9.18 Å². The van der Waals surface area contributed by atoms with E-state index in [0.717, 1.165) is 4.90 Å². The molecule has 1 amide bonds. The minimum atomic E-state index is -1.14. The van der Waals surface area contributed by atoms with Crippen molar-refractivity contribution in [3.8, 4) is 5.75 Å². The summed E-state index contributed by atoms with van der Waals surface area (Å²) in [6, 6.07) is 4.81. The van der Waals surface area contributed by atoms with Crippen molar-refractivity contribution in [2.75, 3.05) is 13.2 Å². The lowest BCUT2D eigenvalue weighted by Crippen LogP contribution is -2.41. The lowest BCUT2D eigenvalue weighted by molar-refractivity contribution is -0.148. The molecule has 0 aliphatic carbocycles. The van der Waals surface area contributed by atoms with Crippen LogP contribution in [0.4, 0.5) is 4.39 Å². The van der Waals surface area contributed by atoms with Gasteiger partial charge in [-0.3, -0.25) is 4.79 Å². The number of carboxylic acid groups (broad SMARTS) is 1. The molecular formula is C14H16FNO5. The van der Waals surface area contributed by atoms with E-state index >= 15 is 0 Å². The van der Waals surface area contributed by atoms with Gasteiger partial charge in [0.05, 0.1) is 19.1 Å². The number of hydrogen-bond donors (Lipinski definition) is 2. The topological polar surface area (TPSA) is 87.1 Å². The molecule has 1 saturated heterocycles. The highest BCUT2D eigenvalue weighted by Gasteiger charge is 2.38. The fraction of sp³-hybridized carbons (Fsp3) is 0.429. The molecule has 1 fully saturated rings. The van der Waals surface area contributed by atoms with Crippen molar-refractivity contribution in [2.45, 2.75) is 25.0 Å². The van der Waals surface area contributed by atoms with E-state index in [1.807, 2.05) is 0 Å². The number of para-hydroxylation sites is 1. The van der Waals surface area contributed by atoms with E-state index in [-0.39, 0.29) is 31.7 Å². The summed E-state index contributed by atoms with van der Waals surface area (Å²) in [5, 5.41) is 18.5. The Kier molecular flexibility index (Phi) is 4.74. The van der Waals surface area contributed by atoms with Gasteiger partial charge in [-0.05, 0) is 12.1 Å². The van der Waals surface area contributed by atoms with Crippen LogP contribution >= 0.6 is 0 Å². The van der Waals surface area contributed by atoms with Gasteiger partial charge in [0.1, 0.15) is 6.04 Å². The Morgan fingerprint density at radius 3 is 2.76 bits per heavy atom. The number of ether oxygens (including phenoxy) is 1. The van der Waals surface area contributed by atoms with E-state index in [1.165, 1.54) is 18.2 Å². The number of carboxylic acids is 1. The Bertz CT molecular complexity index is 536. The predicted octanol–water partition coefficient (Wildman–Crippen LogP) is 0.641. The van der Waals surface area contributed by atoms with Gasteiger partial charge in [0.25, 0.3) is 0 Å². The van der Waals surface area contributed by atoms with Crippen molar-refractivity contribution in [3.63, 3.8) is 0 Å². The molecule has 1 aliphatic rings. The second kappa shape index (κ2) is 6.53. The maximum atomic E-state index is 13.3. The van der Waals surface area contributed by atoms with Crippen LogP contribution in [0.5, 0.6) is 5.75 Å². The molecule has 0 radical (unpaired) electrons. The van der Waals surface area contributed by atoms with Gasteiger partial charge in [0.2, 0.25) is 5.91 Å². The molecule has 1 aromatic rings. The van der Waals surface area contributed by atoms with E-state index in [4.69, 9.17) is 9.84 Å². The predicted molar refractivity (Wildman–Crippen MR) is 70.3 cm³/mol. The fourth-order valence-corrected chi connectivity index (χ4v) is 2.28. The molecular weight excluding hydrogens is 281 g/mol. The summed E-state index contributed by atoms with van der Waals surface area (Å²) in [5.74, 6) is -2.06. The van der Waals surface area contributed by atoms with Gasteiger partial charge in [-0.15, -0.1) is 0 Å². The van der Waals surface area contributed by atoms with E-state index in [2.05, 4.69) is 0 Å². The third kappa shape index (κ3) is 3.69. The number of benzene rings is 1. The highest BCUT2D eigenvalue weighted by molar-refractivity contribution is 5.84. The number of carbonyl (C=O) groups is 2. The van der Waals surface area contributed by atoms with Crippen LogP contribution in [0.2, 0.25) is 0 Å². The first kappa shape index (κ1) is 15.2. The number of hydrogen-bond acceptors (Lipinski definition) is 4. The number of amides is 1. The average molecular weight is 297 g/mol. The van der Waals surface area contributed by atoms with Crippen LogP contribution in [-0.4, -0.2) is 52.3 Å². The molecule has 7 heteroatoms. The van der Waals surface area contributed by atoms with Crippen LogP contribution in [-0.2, 0) is 9.59 Å². The molecule has 1 heterocycles. The van der Waals surface area contributed by atoms with Crippen molar-refractivity contribution in [1.29, 1.82) is 0 Å². The monoisotopic (exact) mass is 297 g/mol. The van der Waals surface area contributed by atoms with Gasteiger partial charge in [0.15, 0.2) is 11.6 Å². The quantitative estimate of drug-likeness (QED) is 0.833. The van der Waals surface area contributed by atoms with Crippen LogP contribution in [0.3, 0.4) is 0 Å². The Balaban J connectivity index is 1.87. The number of aliphatic hydroxyl groups is 1. The normalized spacial score (nSPS) is 21.3. The summed E-state index contributed by atoms with van der Waals surface area (Å²) < 4.78 is 18.5. The summed E-state index contributed by atoms with van der Waals surface area (Å²) in [5.41, 5.74) is 0. The lowest BCUT2D eigenvalue weighted by Gasteiger charge is -2.21. The minimum absolute atomic E-state index is 0.00447. The third-order valence-electron chi connectivity index (χ3n) is 3.29. The molecule has 0 bridgehead atoms. The molecule has 0 spiro atoms. The van der Waals surface area contributed by atoms with Gasteiger partial charge in [0, 0.05) is 13.0 Å². The summed E-state index contributed by atoms with van der Waals surface area (Å²) in [4.78, 5) is 24.1. The number of nitrogens with zero attached hydrogens (tertiary/aromatic N) is 1. The van der Waals surface area contributed by atoms with Crippen LogP contribution in [0.25, 0.3) is 0 Å². The van der Waals surface area contributed by atoms with E-state index in [0.29, 0.717) is 0 Å². The fourth-order valence-electron chi connectivity index (χ4n) is 2.28. The van der Waals surface area contributed by atoms with E-state index in [1.54, 1.807) is 6.07 Å². The molecule has 2 N–H and O–H groups in total. The highest BCUT2D eigenvalue weighted by atomic mass is 19.1. The van der Waals surface area contributed by atoms with Crippen LogP contribution in [0, 0.1) is 5.82 Å². The van der Waals surface area contributed by atoms with Crippen LogP contribution < -0.4 is 4.74 Å². The van der Waals surface area contributed by atoms with E-state index in [9.17, 15) is 19.1 Å². The number of β-amino-alcohol motifs (C(OH)–C–C–N with tert-alkyl or cyclic N) is 1. The zero-order valence-electron chi connectivity index (χ0n) is 11.2. The van der Waals surface area contributed by atoms with Crippen molar-refractivity contribution in [3.05, 3.63) is 30.1 Å². The highest BCUT2D eigenvalue weighted by Crippen LogP contribution is 2.20. The zero-order chi connectivity index (χ0) is 15.4. The molecule has 0 aromatic heterocycles. The van der Waals surface area contributed by atoms with Crippen molar-refractivity contribution in [1.82, 2.24) is 4.90 Å². The maximum Gasteiger partial charge on any atom is 0.326 e. The summed E-state index contributed by atoms with van der Waals surface area (Å²) in [6.45, 7) is -0.0613.